The first-order valence-corrected chi connectivity index (χ1v) is 9.17. The van der Waals surface area contributed by atoms with Crippen LogP contribution in [-0.4, -0.2) is 18.8 Å². The molecule has 1 aliphatic rings. The molecule has 2 atom stereocenters. The van der Waals surface area contributed by atoms with E-state index in [4.69, 9.17) is 9.47 Å². The summed E-state index contributed by atoms with van der Waals surface area (Å²) in [5.41, 5.74) is 1.25. The van der Waals surface area contributed by atoms with Gasteiger partial charge in [-0.2, -0.15) is 0 Å². The first-order chi connectivity index (χ1) is 10.9. The van der Waals surface area contributed by atoms with Gasteiger partial charge in [0, 0.05) is 0 Å². The molecule has 0 saturated carbocycles. The summed E-state index contributed by atoms with van der Waals surface area (Å²) in [6.07, 6.45) is 12.7. The normalized spacial score (nSPS) is 18.3. The Balaban J connectivity index is 1.53. The van der Waals surface area contributed by atoms with Crippen molar-refractivity contribution >= 4 is 0 Å². The quantitative estimate of drug-likeness (QED) is 0.354. The summed E-state index contributed by atoms with van der Waals surface area (Å²) in [6.45, 7) is 3.87. The van der Waals surface area contributed by atoms with Gasteiger partial charge in [-0.15, -0.1) is 0 Å². The first-order valence-electron chi connectivity index (χ1n) is 9.17. The molecule has 1 heterocycles. The fourth-order valence-electron chi connectivity index (χ4n) is 2.90. The molecule has 1 aromatic carbocycles. The van der Waals surface area contributed by atoms with E-state index in [1.54, 1.807) is 0 Å². The maximum absolute atomic E-state index is 6.09. The molecular formula is C20H32O2. The van der Waals surface area contributed by atoms with E-state index in [1.807, 2.05) is 6.07 Å². The molecule has 2 rings (SSSR count). The fourth-order valence-corrected chi connectivity index (χ4v) is 2.90. The highest BCUT2D eigenvalue weighted by atomic mass is 16.6. The van der Waals surface area contributed by atoms with Crippen molar-refractivity contribution in [1.29, 1.82) is 0 Å². The van der Waals surface area contributed by atoms with Crippen LogP contribution in [0.15, 0.2) is 30.3 Å². The van der Waals surface area contributed by atoms with Crippen molar-refractivity contribution in [1.82, 2.24) is 0 Å². The van der Waals surface area contributed by atoms with E-state index in [1.165, 1.54) is 56.9 Å². The van der Waals surface area contributed by atoms with Crippen molar-refractivity contribution in [2.45, 2.75) is 83.5 Å². The van der Waals surface area contributed by atoms with Crippen LogP contribution >= 0.6 is 0 Å². The second kappa shape index (κ2) is 10.8. The van der Waals surface area contributed by atoms with E-state index in [2.05, 4.69) is 31.2 Å². The molecule has 0 amide bonds. The molecule has 22 heavy (non-hydrogen) atoms. The summed E-state index contributed by atoms with van der Waals surface area (Å²) >= 11 is 0. The standard InChI is InChI=1S/C20H32O2/c1-2-3-4-5-6-7-8-12-15-19(20-17-22-20)21-16-18-13-10-9-11-14-18/h9-11,13-14,19-20H,2-8,12,15-17H2,1H3/t19-,20-/m1/s1. The molecule has 1 aliphatic heterocycles. The molecule has 0 bridgehead atoms. The van der Waals surface area contributed by atoms with Gasteiger partial charge in [-0.3, -0.25) is 0 Å². The Kier molecular flexibility index (Phi) is 8.59. The van der Waals surface area contributed by atoms with Crippen LogP contribution in [-0.2, 0) is 16.1 Å². The lowest BCUT2D eigenvalue weighted by Gasteiger charge is -2.16. The van der Waals surface area contributed by atoms with Crippen LogP contribution in [0, 0.1) is 0 Å². The molecule has 2 nitrogen and oxygen atoms in total. The average molecular weight is 304 g/mol. The highest BCUT2D eigenvalue weighted by Crippen LogP contribution is 2.23. The zero-order valence-corrected chi connectivity index (χ0v) is 14.1. The molecule has 2 heteroatoms. The molecule has 1 aromatic rings. The monoisotopic (exact) mass is 304 g/mol. The molecule has 1 saturated heterocycles. The van der Waals surface area contributed by atoms with Crippen LogP contribution in [0.1, 0.15) is 70.3 Å². The van der Waals surface area contributed by atoms with Crippen molar-refractivity contribution in [3.8, 4) is 0 Å². The Hall–Kier alpha value is -0.860. The van der Waals surface area contributed by atoms with Gasteiger partial charge in [-0.25, -0.2) is 0 Å². The van der Waals surface area contributed by atoms with E-state index in [0.29, 0.717) is 18.8 Å². The van der Waals surface area contributed by atoms with Gasteiger partial charge in [0.05, 0.1) is 19.3 Å². The predicted molar refractivity (Wildman–Crippen MR) is 92.0 cm³/mol. The minimum absolute atomic E-state index is 0.292. The molecule has 0 spiro atoms. The third kappa shape index (κ3) is 7.42. The Labute approximate surface area is 136 Å². The fraction of sp³-hybridized carbons (Fsp3) is 0.700. The van der Waals surface area contributed by atoms with Crippen LogP contribution in [0.25, 0.3) is 0 Å². The molecule has 0 N–H and O–H groups in total. The van der Waals surface area contributed by atoms with Crippen LogP contribution in [0.4, 0.5) is 0 Å². The molecular weight excluding hydrogens is 272 g/mol. The second-order valence-corrected chi connectivity index (χ2v) is 6.47. The predicted octanol–water partition coefficient (Wildman–Crippen LogP) is 5.50. The van der Waals surface area contributed by atoms with Crippen molar-refractivity contribution in [2.24, 2.45) is 0 Å². The Bertz CT molecular complexity index is 373. The third-order valence-corrected chi connectivity index (χ3v) is 4.42. The van der Waals surface area contributed by atoms with E-state index in [9.17, 15) is 0 Å². The van der Waals surface area contributed by atoms with Gasteiger partial charge < -0.3 is 9.47 Å². The summed E-state index contributed by atoms with van der Waals surface area (Å²) in [6, 6.07) is 10.4. The molecule has 0 radical (unpaired) electrons. The first kappa shape index (κ1) is 17.5. The average Bonchev–Trinajstić information content (AvgIpc) is 3.38. The van der Waals surface area contributed by atoms with Crippen LogP contribution < -0.4 is 0 Å². The number of epoxide rings is 1. The molecule has 124 valence electrons. The Morgan fingerprint density at radius 2 is 1.64 bits per heavy atom. The van der Waals surface area contributed by atoms with Gasteiger partial charge in [0.1, 0.15) is 6.10 Å². The van der Waals surface area contributed by atoms with E-state index < -0.39 is 0 Å². The van der Waals surface area contributed by atoms with Crippen LogP contribution in [0.5, 0.6) is 0 Å². The topological polar surface area (TPSA) is 21.8 Å². The van der Waals surface area contributed by atoms with Gasteiger partial charge in [0.25, 0.3) is 0 Å². The molecule has 0 aromatic heterocycles. The highest BCUT2D eigenvalue weighted by molar-refractivity contribution is 5.13. The summed E-state index contributed by atoms with van der Waals surface area (Å²) in [7, 11) is 0. The van der Waals surface area contributed by atoms with E-state index in [-0.39, 0.29) is 0 Å². The van der Waals surface area contributed by atoms with Crippen molar-refractivity contribution in [3.63, 3.8) is 0 Å². The lowest BCUT2D eigenvalue weighted by molar-refractivity contribution is 0.0148. The number of benzene rings is 1. The van der Waals surface area contributed by atoms with Gasteiger partial charge in [0.15, 0.2) is 0 Å². The summed E-state index contributed by atoms with van der Waals surface area (Å²) in [5.74, 6) is 0. The van der Waals surface area contributed by atoms with Crippen molar-refractivity contribution in [2.75, 3.05) is 6.61 Å². The lowest BCUT2D eigenvalue weighted by Crippen LogP contribution is -2.19. The third-order valence-electron chi connectivity index (χ3n) is 4.42. The van der Waals surface area contributed by atoms with Gasteiger partial charge in [0.2, 0.25) is 0 Å². The lowest BCUT2D eigenvalue weighted by atomic mass is 10.0. The minimum Gasteiger partial charge on any atom is -0.371 e. The largest absolute Gasteiger partial charge is 0.371 e. The number of hydrogen-bond acceptors (Lipinski definition) is 2. The Morgan fingerprint density at radius 3 is 2.27 bits per heavy atom. The number of unbranched alkanes of at least 4 members (excludes halogenated alkanes) is 7. The Morgan fingerprint density at radius 1 is 1.00 bits per heavy atom. The summed E-state index contributed by atoms with van der Waals surface area (Å²) < 4.78 is 11.5. The maximum atomic E-state index is 6.09. The van der Waals surface area contributed by atoms with Gasteiger partial charge in [-0.05, 0) is 12.0 Å². The van der Waals surface area contributed by atoms with Crippen LogP contribution in [0.2, 0.25) is 0 Å². The minimum atomic E-state index is 0.292. The number of rotatable bonds is 13. The van der Waals surface area contributed by atoms with E-state index >= 15 is 0 Å². The smallest absolute Gasteiger partial charge is 0.107 e. The number of hydrogen-bond donors (Lipinski definition) is 0. The zero-order valence-electron chi connectivity index (χ0n) is 14.1. The SMILES string of the molecule is CCCCCCCCCC[C@@H](OCc1ccccc1)[C@H]1CO1. The van der Waals surface area contributed by atoms with Gasteiger partial charge >= 0.3 is 0 Å². The van der Waals surface area contributed by atoms with Gasteiger partial charge in [-0.1, -0.05) is 88.6 Å². The maximum Gasteiger partial charge on any atom is 0.107 e. The second-order valence-electron chi connectivity index (χ2n) is 6.47. The van der Waals surface area contributed by atoms with Crippen molar-refractivity contribution < 1.29 is 9.47 Å². The summed E-state index contributed by atoms with van der Waals surface area (Å²) in [5, 5.41) is 0. The molecule has 1 fully saturated rings. The van der Waals surface area contributed by atoms with Crippen LogP contribution in [0.3, 0.4) is 0 Å². The van der Waals surface area contributed by atoms with E-state index in [0.717, 1.165) is 13.0 Å². The molecule has 0 unspecified atom stereocenters. The van der Waals surface area contributed by atoms with Crippen molar-refractivity contribution in [3.05, 3.63) is 35.9 Å². The molecule has 0 aliphatic carbocycles. The summed E-state index contributed by atoms with van der Waals surface area (Å²) in [4.78, 5) is 0. The highest BCUT2D eigenvalue weighted by Gasteiger charge is 2.33. The zero-order chi connectivity index (χ0) is 15.5. The number of ether oxygens (including phenoxy) is 2.